The summed E-state index contributed by atoms with van der Waals surface area (Å²) in [5.74, 6) is -0.524. The molecule has 1 atom stereocenters. The van der Waals surface area contributed by atoms with Gasteiger partial charge in [-0.15, -0.1) is 0 Å². The van der Waals surface area contributed by atoms with Crippen molar-refractivity contribution in [2.75, 3.05) is 39.8 Å². The first-order valence-electron chi connectivity index (χ1n) is 7.61. The summed E-state index contributed by atoms with van der Waals surface area (Å²) in [6.45, 7) is 3.61. The number of ether oxygens (including phenoxy) is 1. The predicted molar refractivity (Wildman–Crippen MR) is 83.6 cm³/mol. The lowest BCUT2D eigenvalue weighted by Crippen LogP contribution is -2.59. The lowest BCUT2D eigenvalue weighted by Gasteiger charge is -2.36. The normalized spacial score (nSPS) is 17.7. The second kappa shape index (κ2) is 7.92. The van der Waals surface area contributed by atoms with Crippen LogP contribution in [-0.2, 0) is 9.59 Å². The van der Waals surface area contributed by atoms with Crippen LogP contribution in [0.4, 0.5) is 4.39 Å². The van der Waals surface area contributed by atoms with E-state index >= 15 is 0 Å². The van der Waals surface area contributed by atoms with Crippen molar-refractivity contribution >= 4 is 11.8 Å². The Morgan fingerprint density at radius 1 is 1.43 bits per heavy atom. The summed E-state index contributed by atoms with van der Waals surface area (Å²) in [5, 5.41) is 3.12. The molecule has 0 aromatic heterocycles. The number of halogens is 1. The standard InChI is InChI=1S/C16H22FN3O3/c1-12(21)20-8-7-18-11-14(20)16(22)19(2)9-10-23-15-6-4-3-5-13(15)17/h3-6,14,18H,7-11H2,1-2H3. The van der Waals surface area contributed by atoms with E-state index in [9.17, 15) is 14.0 Å². The summed E-state index contributed by atoms with van der Waals surface area (Å²) in [4.78, 5) is 27.2. The number of nitrogens with one attached hydrogen (secondary N) is 1. The third-order valence-electron chi connectivity index (χ3n) is 3.83. The second-order valence-electron chi connectivity index (χ2n) is 5.47. The monoisotopic (exact) mass is 323 g/mol. The van der Waals surface area contributed by atoms with E-state index in [2.05, 4.69) is 5.32 Å². The van der Waals surface area contributed by atoms with Gasteiger partial charge in [0.2, 0.25) is 11.8 Å². The topological polar surface area (TPSA) is 61.9 Å². The van der Waals surface area contributed by atoms with E-state index < -0.39 is 11.9 Å². The number of piperazine rings is 1. The van der Waals surface area contributed by atoms with Crippen molar-refractivity contribution in [3.05, 3.63) is 30.1 Å². The molecule has 1 N–H and O–H groups in total. The zero-order valence-corrected chi connectivity index (χ0v) is 13.4. The Kier molecular flexibility index (Phi) is 5.92. The lowest BCUT2D eigenvalue weighted by molar-refractivity contribution is -0.145. The van der Waals surface area contributed by atoms with Crippen molar-refractivity contribution < 1.29 is 18.7 Å². The van der Waals surface area contributed by atoms with E-state index in [-0.39, 0.29) is 24.2 Å². The average molecular weight is 323 g/mol. The Morgan fingerprint density at radius 3 is 2.87 bits per heavy atom. The first-order valence-corrected chi connectivity index (χ1v) is 7.61. The van der Waals surface area contributed by atoms with Crippen LogP contribution in [0.25, 0.3) is 0 Å². The van der Waals surface area contributed by atoms with Gasteiger partial charge in [-0.1, -0.05) is 12.1 Å². The Balaban J connectivity index is 1.87. The Morgan fingerprint density at radius 2 is 2.17 bits per heavy atom. The summed E-state index contributed by atoms with van der Waals surface area (Å²) in [6, 6.07) is 5.64. The van der Waals surface area contributed by atoms with Crippen LogP contribution < -0.4 is 10.1 Å². The van der Waals surface area contributed by atoms with Gasteiger partial charge < -0.3 is 19.9 Å². The zero-order valence-electron chi connectivity index (χ0n) is 13.4. The first kappa shape index (κ1) is 17.2. The molecule has 126 valence electrons. The molecule has 1 aliphatic rings. The van der Waals surface area contributed by atoms with Crippen LogP contribution >= 0.6 is 0 Å². The largest absolute Gasteiger partial charge is 0.489 e. The average Bonchev–Trinajstić information content (AvgIpc) is 2.55. The molecule has 1 fully saturated rings. The third-order valence-corrected chi connectivity index (χ3v) is 3.83. The quantitative estimate of drug-likeness (QED) is 0.856. The van der Waals surface area contributed by atoms with Crippen LogP contribution in [0.3, 0.4) is 0 Å². The number of hydrogen-bond acceptors (Lipinski definition) is 4. The van der Waals surface area contributed by atoms with Crippen molar-refractivity contribution in [2.24, 2.45) is 0 Å². The van der Waals surface area contributed by atoms with Gasteiger partial charge in [-0.2, -0.15) is 0 Å². The Bertz CT molecular complexity index is 567. The molecule has 1 aromatic carbocycles. The SMILES string of the molecule is CC(=O)N1CCNCC1C(=O)N(C)CCOc1ccccc1F. The number of para-hydroxylation sites is 1. The minimum absolute atomic E-state index is 0.110. The van der Waals surface area contributed by atoms with Gasteiger partial charge in [0.15, 0.2) is 11.6 Å². The molecule has 7 heteroatoms. The summed E-state index contributed by atoms with van der Waals surface area (Å²) in [5.41, 5.74) is 0. The van der Waals surface area contributed by atoms with Gasteiger partial charge in [-0.05, 0) is 12.1 Å². The molecule has 1 aliphatic heterocycles. The number of rotatable bonds is 5. The molecule has 6 nitrogen and oxygen atoms in total. The highest BCUT2D eigenvalue weighted by atomic mass is 19.1. The maximum atomic E-state index is 13.4. The third kappa shape index (κ3) is 4.41. The molecule has 2 rings (SSSR count). The van der Waals surface area contributed by atoms with Gasteiger partial charge in [0.1, 0.15) is 12.6 Å². The van der Waals surface area contributed by atoms with Crippen molar-refractivity contribution in [2.45, 2.75) is 13.0 Å². The summed E-state index contributed by atoms with van der Waals surface area (Å²) >= 11 is 0. The van der Waals surface area contributed by atoms with E-state index in [1.54, 1.807) is 30.1 Å². The van der Waals surface area contributed by atoms with E-state index in [0.29, 0.717) is 26.2 Å². The van der Waals surface area contributed by atoms with E-state index in [1.807, 2.05) is 0 Å². The molecule has 0 bridgehead atoms. The lowest BCUT2D eigenvalue weighted by atomic mass is 10.1. The number of hydrogen-bond donors (Lipinski definition) is 1. The van der Waals surface area contributed by atoms with E-state index in [1.165, 1.54) is 17.9 Å². The fraction of sp³-hybridized carbons (Fsp3) is 0.500. The second-order valence-corrected chi connectivity index (χ2v) is 5.47. The first-order chi connectivity index (χ1) is 11.0. The number of carbonyl (C=O) groups is 2. The zero-order chi connectivity index (χ0) is 16.8. The number of nitrogens with zero attached hydrogens (tertiary/aromatic N) is 2. The number of benzene rings is 1. The molecule has 0 spiro atoms. The smallest absolute Gasteiger partial charge is 0.246 e. The number of amides is 2. The molecule has 1 aromatic rings. The van der Waals surface area contributed by atoms with Crippen molar-refractivity contribution in [3.8, 4) is 5.75 Å². The molecule has 0 radical (unpaired) electrons. The van der Waals surface area contributed by atoms with Gasteiger partial charge in [0.05, 0.1) is 6.54 Å². The molecule has 1 unspecified atom stereocenters. The molecular formula is C16H22FN3O3. The number of likely N-dealkylation sites (N-methyl/N-ethyl adjacent to an activating group) is 1. The minimum Gasteiger partial charge on any atom is -0.489 e. The summed E-state index contributed by atoms with van der Waals surface area (Å²) < 4.78 is 18.8. The van der Waals surface area contributed by atoms with Gasteiger partial charge in [0, 0.05) is 33.6 Å². The fourth-order valence-electron chi connectivity index (χ4n) is 2.52. The summed E-state index contributed by atoms with van der Waals surface area (Å²) in [7, 11) is 1.65. The molecule has 23 heavy (non-hydrogen) atoms. The van der Waals surface area contributed by atoms with Crippen molar-refractivity contribution in [1.82, 2.24) is 15.1 Å². The van der Waals surface area contributed by atoms with E-state index in [0.717, 1.165) is 0 Å². The van der Waals surface area contributed by atoms with Gasteiger partial charge >= 0.3 is 0 Å². The highest BCUT2D eigenvalue weighted by Crippen LogP contribution is 2.15. The minimum atomic E-state index is -0.500. The van der Waals surface area contributed by atoms with Crippen LogP contribution in [0.1, 0.15) is 6.92 Å². The Hall–Kier alpha value is -2.15. The van der Waals surface area contributed by atoms with Crippen LogP contribution in [0.5, 0.6) is 5.75 Å². The molecular weight excluding hydrogens is 301 g/mol. The predicted octanol–water partition coefficient (Wildman–Crippen LogP) is 0.483. The maximum Gasteiger partial charge on any atom is 0.246 e. The van der Waals surface area contributed by atoms with Crippen molar-refractivity contribution in [3.63, 3.8) is 0 Å². The van der Waals surface area contributed by atoms with Crippen LogP contribution in [0.15, 0.2) is 24.3 Å². The van der Waals surface area contributed by atoms with Crippen molar-refractivity contribution in [1.29, 1.82) is 0 Å². The van der Waals surface area contributed by atoms with Gasteiger partial charge in [-0.3, -0.25) is 9.59 Å². The van der Waals surface area contributed by atoms with Crippen LogP contribution in [0.2, 0.25) is 0 Å². The van der Waals surface area contributed by atoms with E-state index in [4.69, 9.17) is 4.74 Å². The molecule has 1 heterocycles. The fourth-order valence-corrected chi connectivity index (χ4v) is 2.52. The summed E-state index contributed by atoms with van der Waals surface area (Å²) in [6.07, 6.45) is 0. The highest BCUT2D eigenvalue weighted by Gasteiger charge is 2.32. The maximum absolute atomic E-state index is 13.4. The van der Waals surface area contributed by atoms with Gasteiger partial charge in [-0.25, -0.2) is 4.39 Å². The molecule has 1 saturated heterocycles. The highest BCUT2D eigenvalue weighted by molar-refractivity contribution is 5.87. The Labute approximate surface area is 135 Å². The number of carbonyl (C=O) groups excluding carboxylic acids is 2. The molecule has 0 aliphatic carbocycles. The van der Waals surface area contributed by atoms with Crippen LogP contribution in [-0.4, -0.2) is 67.5 Å². The van der Waals surface area contributed by atoms with Crippen LogP contribution in [0, 0.1) is 5.82 Å². The molecule has 0 saturated carbocycles. The molecule has 2 amide bonds. The van der Waals surface area contributed by atoms with Gasteiger partial charge in [0.25, 0.3) is 0 Å².